The van der Waals surface area contributed by atoms with Crippen molar-refractivity contribution in [3.05, 3.63) is 65.2 Å². The number of aryl methyl sites for hydroxylation is 1. The van der Waals surface area contributed by atoms with Crippen LogP contribution >= 0.6 is 0 Å². The highest BCUT2D eigenvalue weighted by atomic mass is 16.5. The molecule has 2 aromatic rings. The Morgan fingerprint density at radius 1 is 0.923 bits per heavy atom. The van der Waals surface area contributed by atoms with Gasteiger partial charge in [0.1, 0.15) is 5.75 Å². The number of allylic oxidation sites excluding steroid dienone is 1. The molecule has 0 N–H and O–H groups in total. The van der Waals surface area contributed by atoms with Crippen LogP contribution in [0.15, 0.2) is 48.5 Å². The number of nitrogens with zero attached hydrogens (tertiary/aromatic N) is 1. The van der Waals surface area contributed by atoms with Gasteiger partial charge in [-0.3, -0.25) is 0 Å². The highest BCUT2D eigenvalue weighted by molar-refractivity contribution is 5.89. The van der Waals surface area contributed by atoms with Crippen molar-refractivity contribution in [2.24, 2.45) is 0 Å². The zero-order valence-electron chi connectivity index (χ0n) is 16.0. The molecule has 2 heteroatoms. The Morgan fingerprint density at radius 3 is 2.19 bits per heavy atom. The molecule has 0 amide bonds. The maximum atomic E-state index is 9.48. The largest absolute Gasteiger partial charge is 0.497 e. The van der Waals surface area contributed by atoms with Gasteiger partial charge in [0.2, 0.25) is 0 Å². The molecule has 0 aliphatic rings. The maximum Gasteiger partial charge on any atom is 0.118 e. The number of unbranched alkanes of at least 4 members (excludes halogenated alkanes) is 5. The molecule has 0 aliphatic heterocycles. The standard InChI is InChI=1S/C24H29NO/c1-3-4-5-6-7-8-9-20-10-12-21(13-11-20)18-23(19-25)22-14-16-24(26-2)17-15-22/h10-18H,3-9H2,1-2H3. The van der Waals surface area contributed by atoms with Crippen LogP contribution in [0.5, 0.6) is 5.75 Å². The van der Waals surface area contributed by atoms with Crippen molar-refractivity contribution in [3.63, 3.8) is 0 Å². The second kappa shape index (κ2) is 11.2. The van der Waals surface area contributed by atoms with E-state index in [1.165, 1.54) is 44.1 Å². The zero-order valence-corrected chi connectivity index (χ0v) is 16.0. The summed E-state index contributed by atoms with van der Waals surface area (Å²) in [4.78, 5) is 0. The lowest BCUT2D eigenvalue weighted by atomic mass is 10.0. The molecular formula is C24H29NO. The number of benzene rings is 2. The van der Waals surface area contributed by atoms with Gasteiger partial charge in [-0.15, -0.1) is 0 Å². The molecule has 0 aromatic heterocycles. The van der Waals surface area contributed by atoms with E-state index in [0.29, 0.717) is 5.57 Å². The molecule has 0 radical (unpaired) electrons. The first-order valence-electron chi connectivity index (χ1n) is 9.62. The van der Waals surface area contributed by atoms with E-state index >= 15 is 0 Å². The molecule has 0 atom stereocenters. The lowest BCUT2D eigenvalue weighted by Crippen LogP contribution is -1.88. The number of hydrogen-bond acceptors (Lipinski definition) is 2. The van der Waals surface area contributed by atoms with Crippen molar-refractivity contribution in [1.29, 1.82) is 5.26 Å². The van der Waals surface area contributed by atoms with Crippen molar-refractivity contribution in [3.8, 4) is 11.8 Å². The molecule has 0 spiro atoms. The molecule has 0 aliphatic carbocycles. The average molecular weight is 348 g/mol. The molecule has 2 nitrogen and oxygen atoms in total. The monoisotopic (exact) mass is 347 g/mol. The molecular weight excluding hydrogens is 318 g/mol. The smallest absolute Gasteiger partial charge is 0.118 e. The van der Waals surface area contributed by atoms with E-state index in [-0.39, 0.29) is 0 Å². The number of rotatable bonds is 10. The first kappa shape index (κ1) is 19.8. The zero-order chi connectivity index (χ0) is 18.6. The average Bonchev–Trinajstić information content (AvgIpc) is 2.70. The van der Waals surface area contributed by atoms with Crippen LogP contribution in [-0.4, -0.2) is 7.11 Å². The van der Waals surface area contributed by atoms with Crippen molar-refractivity contribution >= 4 is 11.6 Å². The third kappa shape index (κ3) is 6.41. The van der Waals surface area contributed by atoms with Crippen molar-refractivity contribution < 1.29 is 4.74 Å². The normalized spacial score (nSPS) is 11.2. The summed E-state index contributed by atoms with van der Waals surface area (Å²) < 4.78 is 5.17. The fraction of sp³-hybridized carbons (Fsp3) is 0.375. The summed E-state index contributed by atoms with van der Waals surface area (Å²) in [5, 5.41) is 9.48. The maximum absolute atomic E-state index is 9.48. The minimum atomic E-state index is 0.663. The van der Waals surface area contributed by atoms with E-state index in [4.69, 9.17) is 4.74 Å². The van der Waals surface area contributed by atoms with E-state index in [1.807, 2.05) is 30.3 Å². The number of ether oxygens (including phenoxy) is 1. The van der Waals surface area contributed by atoms with E-state index in [2.05, 4.69) is 37.3 Å². The van der Waals surface area contributed by atoms with Crippen LogP contribution in [0.3, 0.4) is 0 Å². The summed E-state index contributed by atoms with van der Waals surface area (Å²) in [7, 11) is 1.64. The molecule has 136 valence electrons. The van der Waals surface area contributed by atoms with Crippen molar-refractivity contribution in [2.45, 2.75) is 51.9 Å². The van der Waals surface area contributed by atoms with Gasteiger partial charge in [0, 0.05) is 0 Å². The Bertz CT molecular complexity index is 720. The lowest BCUT2D eigenvalue weighted by molar-refractivity contribution is 0.415. The van der Waals surface area contributed by atoms with Gasteiger partial charge < -0.3 is 4.74 Å². The van der Waals surface area contributed by atoms with Gasteiger partial charge in [0.25, 0.3) is 0 Å². The number of methoxy groups -OCH3 is 1. The number of hydrogen-bond donors (Lipinski definition) is 0. The summed E-state index contributed by atoms with van der Waals surface area (Å²) in [5.74, 6) is 0.796. The summed E-state index contributed by atoms with van der Waals surface area (Å²) in [6.07, 6.45) is 11.0. The van der Waals surface area contributed by atoms with Gasteiger partial charge in [0.05, 0.1) is 18.8 Å². The first-order chi connectivity index (χ1) is 12.8. The summed E-state index contributed by atoms with van der Waals surface area (Å²) in [5.41, 5.74) is 4.01. The second-order valence-electron chi connectivity index (χ2n) is 6.66. The van der Waals surface area contributed by atoms with Crippen LogP contribution < -0.4 is 4.74 Å². The van der Waals surface area contributed by atoms with Gasteiger partial charge >= 0.3 is 0 Å². The Balaban J connectivity index is 1.93. The van der Waals surface area contributed by atoms with E-state index in [0.717, 1.165) is 23.3 Å². The van der Waals surface area contributed by atoms with Gasteiger partial charge in [-0.2, -0.15) is 5.26 Å². The molecule has 0 heterocycles. The third-order valence-corrected chi connectivity index (χ3v) is 4.63. The van der Waals surface area contributed by atoms with Gasteiger partial charge in [-0.1, -0.05) is 63.3 Å². The molecule has 0 unspecified atom stereocenters. The first-order valence-corrected chi connectivity index (χ1v) is 9.62. The molecule has 0 saturated carbocycles. The molecule has 2 rings (SSSR count). The summed E-state index contributed by atoms with van der Waals surface area (Å²) in [6, 6.07) is 18.5. The van der Waals surface area contributed by atoms with Crippen LogP contribution in [0.2, 0.25) is 0 Å². The quantitative estimate of drug-likeness (QED) is 0.273. The topological polar surface area (TPSA) is 33.0 Å². The lowest BCUT2D eigenvalue weighted by Gasteiger charge is -2.04. The second-order valence-corrected chi connectivity index (χ2v) is 6.66. The highest BCUT2D eigenvalue weighted by Gasteiger charge is 2.02. The summed E-state index contributed by atoms with van der Waals surface area (Å²) in [6.45, 7) is 2.25. The SMILES string of the molecule is CCCCCCCCc1ccc(C=C(C#N)c2ccc(OC)cc2)cc1. The Kier molecular flexibility index (Phi) is 8.49. The van der Waals surface area contributed by atoms with E-state index < -0.39 is 0 Å². The van der Waals surface area contributed by atoms with Crippen LogP contribution in [0.25, 0.3) is 11.6 Å². The molecule has 0 saturated heterocycles. The van der Waals surface area contributed by atoms with E-state index in [1.54, 1.807) is 7.11 Å². The van der Waals surface area contributed by atoms with Gasteiger partial charge in [-0.25, -0.2) is 0 Å². The fourth-order valence-electron chi connectivity index (χ4n) is 3.01. The van der Waals surface area contributed by atoms with Crippen LogP contribution in [0.1, 0.15) is 62.1 Å². The minimum Gasteiger partial charge on any atom is -0.497 e. The minimum absolute atomic E-state index is 0.663. The fourth-order valence-corrected chi connectivity index (χ4v) is 3.01. The molecule has 0 fully saturated rings. The third-order valence-electron chi connectivity index (χ3n) is 4.63. The molecule has 2 aromatic carbocycles. The Labute approximate surface area is 158 Å². The summed E-state index contributed by atoms with van der Waals surface area (Å²) >= 11 is 0. The van der Waals surface area contributed by atoms with Gasteiger partial charge in [-0.05, 0) is 59.9 Å². The van der Waals surface area contributed by atoms with E-state index in [9.17, 15) is 5.26 Å². The van der Waals surface area contributed by atoms with Crippen molar-refractivity contribution in [1.82, 2.24) is 0 Å². The van der Waals surface area contributed by atoms with Crippen molar-refractivity contribution in [2.75, 3.05) is 7.11 Å². The van der Waals surface area contributed by atoms with Crippen LogP contribution in [0.4, 0.5) is 0 Å². The Morgan fingerprint density at radius 2 is 1.58 bits per heavy atom. The predicted octanol–water partition coefficient (Wildman–Crippen LogP) is 6.66. The van der Waals surface area contributed by atoms with Gasteiger partial charge in [0.15, 0.2) is 0 Å². The molecule has 0 bridgehead atoms. The highest BCUT2D eigenvalue weighted by Crippen LogP contribution is 2.21. The van der Waals surface area contributed by atoms with Crippen LogP contribution in [-0.2, 0) is 6.42 Å². The number of nitriles is 1. The Hall–Kier alpha value is -2.53. The molecule has 26 heavy (non-hydrogen) atoms. The predicted molar refractivity (Wildman–Crippen MR) is 110 cm³/mol. The van der Waals surface area contributed by atoms with Crippen LogP contribution in [0, 0.1) is 11.3 Å².